The third-order valence-electron chi connectivity index (χ3n) is 10.5. The van der Waals surface area contributed by atoms with Crippen LogP contribution in [-0.4, -0.2) is 60.0 Å². The van der Waals surface area contributed by atoms with Crippen molar-refractivity contribution >= 4 is 11.9 Å². The van der Waals surface area contributed by atoms with E-state index in [4.69, 9.17) is 9.47 Å². The van der Waals surface area contributed by atoms with Gasteiger partial charge in [0, 0.05) is 54.6 Å². The largest absolute Gasteiger partial charge is 0.487 e. The number of likely N-dealkylation sites (tertiary alicyclic amines) is 1. The van der Waals surface area contributed by atoms with Crippen LogP contribution in [0.4, 0.5) is 13.2 Å². The summed E-state index contributed by atoms with van der Waals surface area (Å²) in [4.78, 5) is 29.8. The third-order valence-corrected chi connectivity index (χ3v) is 10.5. The standard InChI is InChI=1S/C37H35F3N2O4/c1-23(43)45-31-15-16-32-34-27(31)22-30-28-13-14-29(41(2)33(44)17-10-25-8-11-26(12-9-25)37(38,39)40)35(46-32)36(28,34)19-21-42(30)20-18-24-6-4-3-5-7-24/h3-9,11-12,15-16,28-30,35H,13-14,18-22H2,1-2H3/t28-,29+,30+,35-,36-/m0/s1. The molecule has 0 aromatic heterocycles. The van der Waals surface area contributed by atoms with E-state index in [0.29, 0.717) is 17.2 Å². The molecule has 4 aliphatic rings. The van der Waals surface area contributed by atoms with Crippen LogP contribution in [0.2, 0.25) is 0 Å². The second-order valence-corrected chi connectivity index (χ2v) is 12.9. The quantitative estimate of drug-likeness (QED) is 0.204. The van der Waals surface area contributed by atoms with Crippen LogP contribution in [0.1, 0.15) is 54.0 Å². The average Bonchev–Trinajstić information content (AvgIpc) is 3.37. The molecular weight excluding hydrogens is 593 g/mol. The second-order valence-electron chi connectivity index (χ2n) is 12.9. The molecule has 0 N–H and O–H groups in total. The maximum Gasteiger partial charge on any atom is 0.416 e. The van der Waals surface area contributed by atoms with Gasteiger partial charge in [-0.25, -0.2) is 0 Å². The van der Waals surface area contributed by atoms with Crippen molar-refractivity contribution in [1.82, 2.24) is 9.80 Å². The molecule has 3 aromatic rings. The molecule has 2 aliphatic carbocycles. The van der Waals surface area contributed by atoms with Crippen LogP contribution in [0.25, 0.3) is 0 Å². The lowest BCUT2D eigenvalue weighted by Crippen LogP contribution is -2.69. The van der Waals surface area contributed by atoms with Crippen LogP contribution in [0.3, 0.4) is 0 Å². The minimum Gasteiger partial charge on any atom is -0.487 e. The fraction of sp³-hybridized carbons (Fsp3) is 0.405. The number of halogens is 3. The van der Waals surface area contributed by atoms with Crippen LogP contribution in [0, 0.1) is 17.8 Å². The third kappa shape index (κ3) is 5.13. The lowest BCUT2D eigenvalue weighted by atomic mass is 9.51. The maximum absolute atomic E-state index is 13.4. The molecule has 238 valence electrons. The Morgan fingerprint density at radius 3 is 2.54 bits per heavy atom. The number of carbonyl (C=O) groups is 2. The summed E-state index contributed by atoms with van der Waals surface area (Å²) in [6.07, 6.45) is -0.531. The molecule has 0 unspecified atom stereocenters. The SMILES string of the molecule is CC(=O)Oc1ccc2c3c1C[C@@H]1[C@@H]4CC[C@@H](N(C)C(=O)C#Cc5ccc(C(F)(F)F)cc5)[C@H](O2)[C@]34CCN1CCc1ccccc1. The highest BCUT2D eigenvalue weighted by molar-refractivity contribution is 5.94. The van der Waals surface area contributed by atoms with Crippen molar-refractivity contribution < 1.29 is 32.2 Å². The van der Waals surface area contributed by atoms with Crippen LogP contribution < -0.4 is 9.47 Å². The molecule has 3 aromatic carbocycles. The molecule has 0 radical (unpaired) electrons. The van der Waals surface area contributed by atoms with Gasteiger partial charge in [0.25, 0.3) is 5.91 Å². The van der Waals surface area contributed by atoms with Crippen molar-refractivity contribution in [3.63, 3.8) is 0 Å². The van der Waals surface area contributed by atoms with Gasteiger partial charge in [0.05, 0.1) is 11.6 Å². The number of ether oxygens (including phenoxy) is 2. The van der Waals surface area contributed by atoms with Crippen molar-refractivity contribution in [3.05, 3.63) is 94.5 Å². The number of likely N-dealkylation sites (N-methyl/N-ethyl adjacent to an activating group) is 1. The van der Waals surface area contributed by atoms with Gasteiger partial charge in [0.2, 0.25) is 0 Å². The van der Waals surface area contributed by atoms with Gasteiger partial charge in [0.15, 0.2) is 0 Å². The molecule has 1 saturated heterocycles. The number of alkyl halides is 3. The zero-order valence-electron chi connectivity index (χ0n) is 25.8. The fourth-order valence-electron chi connectivity index (χ4n) is 8.55. The summed E-state index contributed by atoms with van der Waals surface area (Å²) in [6, 6.07) is 18.7. The molecule has 9 heteroatoms. The number of benzene rings is 3. The monoisotopic (exact) mass is 628 g/mol. The average molecular weight is 629 g/mol. The highest BCUT2D eigenvalue weighted by atomic mass is 19.4. The normalized spacial score (nSPS) is 25.8. The first kappa shape index (κ1) is 30.4. The summed E-state index contributed by atoms with van der Waals surface area (Å²) in [6.45, 7) is 3.23. The van der Waals surface area contributed by atoms with Gasteiger partial charge in [-0.3, -0.25) is 14.5 Å². The molecule has 1 amide bonds. The first-order valence-electron chi connectivity index (χ1n) is 15.8. The number of nitrogens with zero attached hydrogens (tertiary/aromatic N) is 2. The molecule has 2 fully saturated rings. The lowest BCUT2D eigenvalue weighted by Gasteiger charge is -2.60. The molecule has 2 bridgehead atoms. The zero-order chi connectivity index (χ0) is 32.2. The predicted molar refractivity (Wildman–Crippen MR) is 165 cm³/mol. The zero-order valence-corrected chi connectivity index (χ0v) is 25.8. The Kier molecular flexibility index (Phi) is 7.59. The molecule has 5 atom stereocenters. The van der Waals surface area contributed by atoms with Crippen molar-refractivity contribution in [3.8, 4) is 23.3 Å². The van der Waals surface area contributed by atoms with E-state index in [9.17, 15) is 22.8 Å². The van der Waals surface area contributed by atoms with Crippen LogP contribution in [0.5, 0.6) is 11.5 Å². The van der Waals surface area contributed by atoms with E-state index < -0.39 is 17.6 Å². The Labute approximate surface area is 266 Å². The highest BCUT2D eigenvalue weighted by Crippen LogP contribution is 2.63. The van der Waals surface area contributed by atoms with Crippen molar-refractivity contribution in [2.75, 3.05) is 20.1 Å². The minimum absolute atomic E-state index is 0.236. The number of esters is 1. The highest BCUT2D eigenvalue weighted by Gasteiger charge is 2.66. The van der Waals surface area contributed by atoms with E-state index in [2.05, 4.69) is 41.0 Å². The number of rotatable bonds is 5. The molecule has 1 spiro atoms. The topological polar surface area (TPSA) is 59.1 Å². The van der Waals surface area contributed by atoms with Crippen molar-refractivity contribution in [2.24, 2.45) is 5.92 Å². The van der Waals surface area contributed by atoms with Gasteiger partial charge >= 0.3 is 12.1 Å². The number of amides is 1. The van der Waals surface area contributed by atoms with E-state index in [1.165, 1.54) is 24.6 Å². The fourth-order valence-corrected chi connectivity index (χ4v) is 8.55. The van der Waals surface area contributed by atoms with E-state index in [1.807, 2.05) is 18.2 Å². The van der Waals surface area contributed by atoms with Crippen LogP contribution in [-0.2, 0) is 34.0 Å². The van der Waals surface area contributed by atoms with Gasteiger partial charge in [0.1, 0.15) is 17.6 Å². The Hall–Kier alpha value is -4.29. The smallest absolute Gasteiger partial charge is 0.416 e. The predicted octanol–water partition coefficient (Wildman–Crippen LogP) is 5.79. The first-order chi connectivity index (χ1) is 22.1. The van der Waals surface area contributed by atoms with E-state index in [0.717, 1.165) is 74.2 Å². The summed E-state index contributed by atoms with van der Waals surface area (Å²) in [5.41, 5.74) is 2.68. The Morgan fingerprint density at radius 1 is 1.07 bits per heavy atom. The number of hydrogen-bond acceptors (Lipinski definition) is 5. The number of piperidine rings is 1. The molecule has 2 heterocycles. The van der Waals surface area contributed by atoms with Crippen molar-refractivity contribution in [1.29, 1.82) is 0 Å². The summed E-state index contributed by atoms with van der Waals surface area (Å²) >= 11 is 0. The second kappa shape index (κ2) is 11.5. The molecule has 2 aliphatic heterocycles. The van der Waals surface area contributed by atoms with Gasteiger partial charge < -0.3 is 14.4 Å². The first-order valence-corrected chi connectivity index (χ1v) is 15.8. The molecule has 6 nitrogen and oxygen atoms in total. The minimum atomic E-state index is -4.44. The lowest BCUT2D eigenvalue weighted by molar-refractivity contribution is -0.137. The molecule has 7 rings (SSSR count). The maximum atomic E-state index is 13.4. The Bertz CT molecular complexity index is 1730. The summed E-state index contributed by atoms with van der Waals surface area (Å²) in [5, 5.41) is 0. The summed E-state index contributed by atoms with van der Waals surface area (Å²) in [5.74, 6) is 6.30. The van der Waals surface area contributed by atoms with E-state index in [-0.39, 0.29) is 29.6 Å². The van der Waals surface area contributed by atoms with E-state index in [1.54, 1.807) is 11.9 Å². The van der Waals surface area contributed by atoms with Crippen LogP contribution in [0.15, 0.2) is 66.7 Å². The molecular formula is C37H35F3N2O4. The number of carbonyl (C=O) groups excluding carboxylic acids is 2. The molecule has 1 saturated carbocycles. The summed E-state index contributed by atoms with van der Waals surface area (Å²) < 4.78 is 51.4. The van der Waals surface area contributed by atoms with Gasteiger partial charge in [-0.1, -0.05) is 36.3 Å². The van der Waals surface area contributed by atoms with E-state index >= 15 is 0 Å². The molecule has 46 heavy (non-hydrogen) atoms. The Morgan fingerprint density at radius 2 is 1.83 bits per heavy atom. The van der Waals surface area contributed by atoms with Gasteiger partial charge in [-0.15, -0.1) is 0 Å². The van der Waals surface area contributed by atoms with Crippen LogP contribution >= 0.6 is 0 Å². The van der Waals surface area contributed by atoms with Gasteiger partial charge in [-0.05, 0) is 86.5 Å². The number of hydrogen-bond donors (Lipinski definition) is 0. The Balaban J connectivity index is 1.19. The summed E-state index contributed by atoms with van der Waals surface area (Å²) in [7, 11) is 1.73. The van der Waals surface area contributed by atoms with Gasteiger partial charge in [-0.2, -0.15) is 13.2 Å². The van der Waals surface area contributed by atoms with Crippen molar-refractivity contribution in [2.45, 2.75) is 68.8 Å².